The van der Waals surface area contributed by atoms with Gasteiger partial charge in [-0.1, -0.05) is 17.1 Å². The fourth-order valence-electron chi connectivity index (χ4n) is 3.78. The van der Waals surface area contributed by atoms with Crippen LogP contribution in [-0.2, 0) is 15.4 Å². The molecule has 5 heterocycles. The van der Waals surface area contributed by atoms with E-state index in [0.29, 0.717) is 0 Å². The molecule has 2 fully saturated rings. The van der Waals surface area contributed by atoms with Crippen molar-refractivity contribution < 1.29 is 4.74 Å². The highest BCUT2D eigenvalue weighted by Crippen LogP contribution is 2.34. The van der Waals surface area contributed by atoms with Crippen molar-refractivity contribution in [3.8, 4) is 11.4 Å². The summed E-state index contributed by atoms with van der Waals surface area (Å²) in [5, 5.41) is 8.19. The monoisotopic (exact) mass is 396 g/mol. The average Bonchev–Trinajstić information content (AvgIpc) is 3.29. The van der Waals surface area contributed by atoms with Crippen LogP contribution in [0.1, 0.15) is 19.3 Å². The first-order chi connectivity index (χ1) is 13.9. The largest absolute Gasteiger partial charge is 0.378 e. The molecular formula is C20H24N6OS. The number of rotatable bonds is 3. The number of aromatic nitrogens is 4. The van der Waals surface area contributed by atoms with Gasteiger partial charge < -0.3 is 9.64 Å². The molecule has 0 aromatic carbocycles. The average molecular weight is 397 g/mol. The van der Waals surface area contributed by atoms with E-state index in [2.05, 4.69) is 26.1 Å². The Kier molecular flexibility index (Phi) is 5.05. The van der Waals surface area contributed by atoms with Gasteiger partial charge in [0.05, 0.1) is 24.6 Å². The molecule has 0 saturated carbocycles. The van der Waals surface area contributed by atoms with Crippen LogP contribution in [0.2, 0.25) is 0 Å². The SMILES string of the molecule is c1cc(-c2nccc3c(N=S4CCCCC4)cc(N4CCOCC4)nc23)[nH]n1. The van der Waals surface area contributed by atoms with Crippen LogP contribution < -0.4 is 4.90 Å². The number of morpholine rings is 1. The molecule has 5 rings (SSSR count). The van der Waals surface area contributed by atoms with E-state index in [4.69, 9.17) is 14.1 Å². The highest BCUT2D eigenvalue weighted by atomic mass is 32.2. The minimum absolute atomic E-state index is 0.105. The van der Waals surface area contributed by atoms with Crippen LogP contribution in [0, 0.1) is 0 Å². The molecule has 2 aliphatic heterocycles. The smallest absolute Gasteiger partial charge is 0.131 e. The van der Waals surface area contributed by atoms with Crippen molar-refractivity contribution in [2.45, 2.75) is 19.3 Å². The maximum atomic E-state index is 5.53. The molecule has 28 heavy (non-hydrogen) atoms. The molecule has 7 nitrogen and oxygen atoms in total. The number of nitrogens with zero attached hydrogens (tertiary/aromatic N) is 5. The molecule has 2 aliphatic rings. The standard InChI is InChI=1S/C20H24N6OS/c1-2-12-28(13-3-1)25-17-14-18(26-8-10-27-11-9-26)23-19-15(17)4-6-21-20(19)16-5-7-22-24-16/h4-7,14H,1-3,8-13H2,(H,22,24). The molecule has 8 heteroatoms. The Balaban J connectivity index is 1.68. The van der Waals surface area contributed by atoms with Crippen molar-refractivity contribution in [2.75, 3.05) is 42.7 Å². The first-order valence-corrected chi connectivity index (χ1v) is 11.4. The molecule has 0 unspecified atom stereocenters. The number of anilines is 1. The third kappa shape index (κ3) is 3.54. The predicted molar refractivity (Wildman–Crippen MR) is 113 cm³/mol. The summed E-state index contributed by atoms with van der Waals surface area (Å²) in [6.45, 7) is 3.17. The molecule has 146 valence electrons. The Hall–Kier alpha value is -2.32. The number of ether oxygens (including phenoxy) is 1. The van der Waals surface area contributed by atoms with Crippen LogP contribution in [0.5, 0.6) is 0 Å². The second-order valence-corrected chi connectivity index (χ2v) is 9.07. The lowest BCUT2D eigenvalue weighted by molar-refractivity contribution is 0.122. The highest BCUT2D eigenvalue weighted by Gasteiger charge is 2.18. The van der Waals surface area contributed by atoms with Crippen LogP contribution in [-0.4, -0.2) is 58.0 Å². The van der Waals surface area contributed by atoms with Gasteiger partial charge in [-0.3, -0.25) is 10.1 Å². The predicted octanol–water partition coefficient (Wildman–Crippen LogP) is 3.47. The molecular weight excluding hydrogens is 372 g/mol. The molecule has 2 saturated heterocycles. The summed E-state index contributed by atoms with van der Waals surface area (Å²) in [5.41, 5.74) is 3.63. The van der Waals surface area contributed by atoms with E-state index in [-0.39, 0.29) is 10.7 Å². The minimum atomic E-state index is 0.105. The van der Waals surface area contributed by atoms with Crippen molar-refractivity contribution in [1.82, 2.24) is 20.2 Å². The second-order valence-electron chi connectivity index (χ2n) is 7.15. The van der Waals surface area contributed by atoms with Gasteiger partial charge in [0.15, 0.2) is 0 Å². The summed E-state index contributed by atoms with van der Waals surface area (Å²) in [5.74, 6) is 3.37. The van der Waals surface area contributed by atoms with Gasteiger partial charge in [0, 0.05) is 48.4 Å². The summed E-state index contributed by atoms with van der Waals surface area (Å²) in [6.07, 6.45) is 7.50. The Morgan fingerprint density at radius 1 is 1.07 bits per heavy atom. The summed E-state index contributed by atoms with van der Waals surface area (Å²) < 4.78 is 10.7. The lowest BCUT2D eigenvalue weighted by Gasteiger charge is -2.28. The van der Waals surface area contributed by atoms with E-state index in [9.17, 15) is 0 Å². The van der Waals surface area contributed by atoms with Crippen LogP contribution >= 0.6 is 0 Å². The van der Waals surface area contributed by atoms with E-state index >= 15 is 0 Å². The number of hydrogen-bond acceptors (Lipinski definition) is 6. The lowest BCUT2D eigenvalue weighted by Crippen LogP contribution is -2.36. The minimum Gasteiger partial charge on any atom is -0.378 e. The number of H-pyrrole nitrogens is 1. The van der Waals surface area contributed by atoms with Crippen molar-refractivity contribution in [3.63, 3.8) is 0 Å². The zero-order valence-corrected chi connectivity index (χ0v) is 16.6. The van der Waals surface area contributed by atoms with Gasteiger partial charge in [-0.2, -0.15) is 5.10 Å². The number of aromatic amines is 1. The third-order valence-corrected chi connectivity index (χ3v) is 7.25. The van der Waals surface area contributed by atoms with E-state index in [1.165, 1.54) is 30.8 Å². The van der Waals surface area contributed by atoms with Crippen LogP contribution in [0.4, 0.5) is 11.5 Å². The number of nitrogens with one attached hydrogen (secondary N) is 1. The van der Waals surface area contributed by atoms with E-state index in [1.807, 2.05) is 18.3 Å². The highest BCUT2D eigenvalue weighted by molar-refractivity contribution is 7.87. The molecule has 1 N–H and O–H groups in total. The summed E-state index contributed by atoms with van der Waals surface area (Å²) in [6, 6.07) is 6.13. The maximum Gasteiger partial charge on any atom is 0.131 e. The summed E-state index contributed by atoms with van der Waals surface area (Å²) in [7, 11) is 0.105. The molecule has 0 radical (unpaired) electrons. The maximum absolute atomic E-state index is 5.53. The van der Waals surface area contributed by atoms with Gasteiger partial charge in [0.2, 0.25) is 0 Å². The van der Waals surface area contributed by atoms with Crippen molar-refractivity contribution in [3.05, 3.63) is 30.6 Å². The van der Waals surface area contributed by atoms with E-state index in [1.54, 1.807) is 6.20 Å². The Labute approximate surface area is 166 Å². The first kappa shape index (κ1) is 17.8. The molecule has 0 amide bonds. The van der Waals surface area contributed by atoms with E-state index < -0.39 is 0 Å². The molecule has 0 atom stereocenters. The lowest BCUT2D eigenvalue weighted by atomic mass is 10.1. The Morgan fingerprint density at radius 3 is 2.71 bits per heavy atom. The quantitative estimate of drug-likeness (QED) is 0.733. The van der Waals surface area contributed by atoms with Crippen molar-refractivity contribution >= 4 is 33.1 Å². The molecule has 3 aromatic heterocycles. The van der Waals surface area contributed by atoms with Crippen molar-refractivity contribution in [2.24, 2.45) is 4.36 Å². The zero-order chi connectivity index (χ0) is 18.8. The van der Waals surface area contributed by atoms with Gasteiger partial charge >= 0.3 is 0 Å². The fraction of sp³-hybridized carbons (Fsp3) is 0.450. The third-order valence-electron chi connectivity index (χ3n) is 5.27. The number of fused-ring (bicyclic) bond motifs is 1. The molecule has 0 bridgehead atoms. The van der Waals surface area contributed by atoms with Gasteiger partial charge in [-0.15, -0.1) is 0 Å². The van der Waals surface area contributed by atoms with Gasteiger partial charge in [-0.05, 0) is 25.0 Å². The Morgan fingerprint density at radius 2 is 1.93 bits per heavy atom. The van der Waals surface area contributed by atoms with E-state index in [0.717, 1.165) is 60.1 Å². The molecule has 0 aliphatic carbocycles. The second kappa shape index (κ2) is 7.97. The van der Waals surface area contributed by atoms with Crippen LogP contribution in [0.15, 0.2) is 35.0 Å². The van der Waals surface area contributed by atoms with Gasteiger partial charge in [0.25, 0.3) is 0 Å². The van der Waals surface area contributed by atoms with Gasteiger partial charge in [-0.25, -0.2) is 9.35 Å². The summed E-state index contributed by atoms with van der Waals surface area (Å²) in [4.78, 5) is 11.9. The zero-order valence-electron chi connectivity index (χ0n) is 15.8. The van der Waals surface area contributed by atoms with Crippen molar-refractivity contribution in [1.29, 1.82) is 0 Å². The fourth-order valence-corrected chi connectivity index (χ4v) is 5.67. The topological polar surface area (TPSA) is 79.3 Å². The molecule has 3 aromatic rings. The van der Waals surface area contributed by atoms with Crippen LogP contribution in [0.3, 0.4) is 0 Å². The van der Waals surface area contributed by atoms with Crippen LogP contribution in [0.25, 0.3) is 22.3 Å². The first-order valence-electron chi connectivity index (χ1n) is 9.90. The number of hydrogen-bond donors (Lipinski definition) is 1. The van der Waals surface area contributed by atoms with Gasteiger partial charge in [0.1, 0.15) is 17.0 Å². The summed E-state index contributed by atoms with van der Waals surface area (Å²) >= 11 is 0. The normalized spacial score (nSPS) is 18.5. The molecule has 0 spiro atoms. The number of pyridine rings is 2. The Bertz CT molecular complexity index is 989.